The van der Waals surface area contributed by atoms with Crippen LogP contribution < -0.4 is 4.74 Å². The van der Waals surface area contributed by atoms with Crippen molar-refractivity contribution >= 4 is 16.8 Å². The molecule has 4 heteroatoms. The van der Waals surface area contributed by atoms with Crippen molar-refractivity contribution in [3.63, 3.8) is 0 Å². The van der Waals surface area contributed by atoms with Crippen LogP contribution in [0.3, 0.4) is 0 Å². The molecule has 3 rings (SSSR count). The third-order valence-electron chi connectivity index (χ3n) is 4.02. The number of aromatic nitrogens is 1. The van der Waals surface area contributed by atoms with Gasteiger partial charge in [-0.05, 0) is 50.5 Å². The van der Waals surface area contributed by atoms with E-state index in [1.807, 2.05) is 36.1 Å². The lowest BCUT2D eigenvalue weighted by molar-refractivity contribution is 0.0726. The molecular formula is C17H20N2O2. The monoisotopic (exact) mass is 284 g/mol. The second kappa shape index (κ2) is 5.72. The molecular weight excluding hydrogens is 264 g/mol. The van der Waals surface area contributed by atoms with Gasteiger partial charge in [0.1, 0.15) is 5.75 Å². The quantitative estimate of drug-likeness (QED) is 0.850. The molecule has 0 saturated carbocycles. The molecule has 2 heterocycles. The van der Waals surface area contributed by atoms with Gasteiger partial charge in [0.05, 0.1) is 18.2 Å². The number of likely N-dealkylation sites (tertiary alicyclic amines) is 1. The van der Waals surface area contributed by atoms with Gasteiger partial charge in [-0.2, -0.15) is 0 Å². The normalized spacial score (nSPS) is 15.2. The van der Waals surface area contributed by atoms with Gasteiger partial charge >= 0.3 is 0 Å². The zero-order valence-electron chi connectivity index (χ0n) is 12.6. The topological polar surface area (TPSA) is 42.4 Å². The van der Waals surface area contributed by atoms with Crippen molar-refractivity contribution < 1.29 is 9.53 Å². The minimum atomic E-state index is 0.110. The molecule has 0 N–H and O–H groups in total. The van der Waals surface area contributed by atoms with Gasteiger partial charge in [0.15, 0.2) is 0 Å². The molecule has 21 heavy (non-hydrogen) atoms. The summed E-state index contributed by atoms with van der Waals surface area (Å²) in [5.41, 5.74) is 2.45. The van der Waals surface area contributed by atoms with Gasteiger partial charge in [-0.15, -0.1) is 0 Å². The molecule has 0 atom stereocenters. The SMILES string of the molecule is COc1ccc2nc(C)cc(C(=O)N3CCCCC3)c2c1. The Morgan fingerprint density at radius 3 is 2.67 bits per heavy atom. The summed E-state index contributed by atoms with van der Waals surface area (Å²) in [6.07, 6.45) is 3.40. The Kier molecular flexibility index (Phi) is 3.78. The van der Waals surface area contributed by atoms with Gasteiger partial charge in [-0.25, -0.2) is 0 Å². The van der Waals surface area contributed by atoms with Gasteiger partial charge in [0.25, 0.3) is 5.91 Å². The van der Waals surface area contributed by atoms with Crippen molar-refractivity contribution in [2.75, 3.05) is 20.2 Å². The van der Waals surface area contributed by atoms with Crippen LogP contribution in [-0.2, 0) is 0 Å². The van der Waals surface area contributed by atoms with Crippen molar-refractivity contribution in [3.05, 3.63) is 35.5 Å². The van der Waals surface area contributed by atoms with Crippen LogP contribution in [0.1, 0.15) is 35.3 Å². The van der Waals surface area contributed by atoms with Gasteiger partial charge in [-0.1, -0.05) is 0 Å². The smallest absolute Gasteiger partial charge is 0.254 e. The Bertz CT molecular complexity index is 676. The van der Waals surface area contributed by atoms with Crippen LogP contribution in [0.2, 0.25) is 0 Å². The maximum Gasteiger partial charge on any atom is 0.254 e. The Hall–Kier alpha value is -2.10. The minimum absolute atomic E-state index is 0.110. The maximum absolute atomic E-state index is 12.8. The van der Waals surface area contributed by atoms with Crippen molar-refractivity contribution in [1.82, 2.24) is 9.88 Å². The number of carbonyl (C=O) groups excluding carboxylic acids is 1. The largest absolute Gasteiger partial charge is 0.497 e. The van der Waals surface area contributed by atoms with Crippen molar-refractivity contribution in [1.29, 1.82) is 0 Å². The van der Waals surface area contributed by atoms with Crippen molar-refractivity contribution in [3.8, 4) is 5.75 Å². The van der Waals surface area contributed by atoms with Gasteiger partial charge in [0.2, 0.25) is 0 Å². The maximum atomic E-state index is 12.8. The molecule has 1 aromatic carbocycles. The van der Waals surface area contributed by atoms with Crippen LogP contribution >= 0.6 is 0 Å². The third kappa shape index (κ3) is 2.71. The second-order valence-corrected chi connectivity index (χ2v) is 5.55. The van der Waals surface area contributed by atoms with Crippen molar-refractivity contribution in [2.45, 2.75) is 26.2 Å². The summed E-state index contributed by atoms with van der Waals surface area (Å²) in [6, 6.07) is 7.58. The van der Waals surface area contributed by atoms with Gasteiger partial charge < -0.3 is 9.64 Å². The van der Waals surface area contributed by atoms with Crippen LogP contribution in [0.4, 0.5) is 0 Å². The lowest BCUT2D eigenvalue weighted by atomic mass is 10.0. The Morgan fingerprint density at radius 1 is 1.19 bits per heavy atom. The van der Waals surface area contributed by atoms with E-state index in [1.54, 1.807) is 7.11 Å². The highest BCUT2D eigenvalue weighted by molar-refractivity contribution is 6.06. The van der Waals surface area contributed by atoms with E-state index in [2.05, 4.69) is 4.98 Å². The number of nitrogens with zero attached hydrogens (tertiary/aromatic N) is 2. The van der Waals surface area contributed by atoms with E-state index in [-0.39, 0.29) is 5.91 Å². The molecule has 2 aromatic rings. The molecule has 4 nitrogen and oxygen atoms in total. The lowest BCUT2D eigenvalue weighted by Gasteiger charge is -2.27. The third-order valence-corrected chi connectivity index (χ3v) is 4.02. The van der Waals surface area contributed by atoms with Gasteiger partial charge in [-0.3, -0.25) is 9.78 Å². The molecule has 1 aliphatic heterocycles. The average molecular weight is 284 g/mol. The van der Waals surface area contributed by atoms with Crippen LogP contribution in [-0.4, -0.2) is 36.0 Å². The number of piperidine rings is 1. The fraction of sp³-hybridized carbons (Fsp3) is 0.412. The summed E-state index contributed by atoms with van der Waals surface area (Å²) >= 11 is 0. The molecule has 0 aliphatic carbocycles. The van der Waals surface area contributed by atoms with Crippen molar-refractivity contribution in [2.24, 2.45) is 0 Å². The molecule has 110 valence electrons. The number of amides is 1. The number of rotatable bonds is 2. The summed E-state index contributed by atoms with van der Waals surface area (Å²) in [5.74, 6) is 0.860. The van der Waals surface area contributed by atoms with E-state index in [1.165, 1.54) is 6.42 Å². The number of hydrogen-bond acceptors (Lipinski definition) is 3. The zero-order chi connectivity index (χ0) is 14.8. The van der Waals surface area contributed by atoms with Crippen LogP contribution in [0.15, 0.2) is 24.3 Å². The molecule has 1 amide bonds. The van der Waals surface area contributed by atoms with Crippen LogP contribution in [0.25, 0.3) is 10.9 Å². The molecule has 0 radical (unpaired) electrons. The number of methoxy groups -OCH3 is 1. The molecule has 1 fully saturated rings. The number of fused-ring (bicyclic) bond motifs is 1. The highest BCUT2D eigenvalue weighted by Crippen LogP contribution is 2.25. The summed E-state index contributed by atoms with van der Waals surface area (Å²) in [6.45, 7) is 3.63. The number of benzene rings is 1. The summed E-state index contributed by atoms with van der Waals surface area (Å²) in [5, 5.41) is 0.871. The first-order chi connectivity index (χ1) is 10.2. The first kappa shape index (κ1) is 13.9. The molecule has 1 aliphatic rings. The van der Waals surface area contributed by atoms with E-state index in [4.69, 9.17) is 4.74 Å². The predicted octanol–water partition coefficient (Wildman–Crippen LogP) is 3.18. The number of pyridine rings is 1. The van der Waals surface area contributed by atoms with E-state index in [0.717, 1.165) is 53.8 Å². The fourth-order valence-electron chi connectivity index (χ4n) is 2.91. The lowest BCUT2D eigenvalue weighted by Crippen LogP contribution is -2.35. The molecule has 0 spiro atoms. The minimum Gasteiger partial charge on any atom is -0.497 e. The van der Waals surface area contributed by atoms with E-state index < -0.39 is 0 Å². The van der Waals surface area contributed by atoms with Gasteiger partial charge in [0, 0.05) is 24.2 Å². The predicted molar refractivity (Wildman–Crippen MR) is 82.8 cm³/mol. The van der Waals surface area contributed by atoms with E-state index >= 15 is 0 Å². The average Bonchev–Trinajstić information content (AvgIpc) is 2.53. The molecule has 1 aromatic heterocycles. The summed E-state index contributed by atoms with van der Waals surface area (Å²) in [7, 11) is 1.63. The first-order valence-corrected chi connectivity index (χ1v) is 7.44. The Balaban J connectivity index is 2.08. The Labute approximate surface area is 124 Å². The van der Waals surface area contributed by atoms with Crippen LogP contribution in [0, 0.1) is 6.92 Å². The number of ether oxygens (including phenoxy) is 1. The summed E-state index contributed by atoms with van der Waals surface area (Å²) < 4.78 is 5.28. The molecule has 0 unspecified atom stereocenters. The number of hydrogen-bond donors (Lipinski definition) is 0. The molecule has 0 bridgehead atoms. The number of aryl methyl sites for hydroxylation is 1. The number of carbonyl (C=O) groups is 1. The highest BCUT2D eigenvalue weighted by atomic mass is 16.5. The standard InChI is InChI=1S/C17H20N2O2/c1-12-10-15(17(20)19-8-4-3-5-9-19)14-11-13(21-2)6-7-16(14)18-12/h6-7,10-11H,3-5,8-9H2,1-2H3. The highest BCUT2D eigenvalue weighted by Gasteiger charge is 2.21. The second-order valence-electron chi connectivity index (χ2n) is 5.55. The van der Waals surface area contributed by atoms with E-state index in [9.17, 15) is 4.79 Å². The first-order valence-electron chi connectivity index (χ1n) is 7.44. The molecule has 1 saturated heterocycles. The Morgan fingerprint density at radius 2 is 1.95 bits per heavy atom. The van der Waals surface area contributed by atoms with E-state index in [0.29, 0.717) is 0 Å². The van der Waals surface area contributed by atoms with Crippen LogP contribution in [0.5, 0.6) is 5.75 Å². The zero-order valence-corrected chi connectivity index (χ0v) is 12.6. The fourth-order valence-corrected chi connectivity index (χ4v) is 2.91. The summed E-state index contributed by atoms with van der Waals surface area (Å²) in [4.78, 5) is 19.3.